The van der Waals surface area contributed by atoms with Crippen molar-refractivity contribution in [1.29, 1.82) is 0 Å². The van der Waals surface area contributed by atoms with Crippen LogP contribution >= 0.6 is 0 Å². The molecule has 2 aromatic carbocycles. The van der Waals surface area contributed by atoms with E-state index in [2.05, 4.69) is 40.1 Å². The van der Waals surface area contributed by atoms with E-state index in [4.69, 9.17) is 9.47 Å². The Balaban J connectivity index is 0.000000230. The molecule has 54 heavy (non-hydrogen) atoms. The van der Waals surface area contributed by atoms with Crippen molar-refractivity contribution in [2.24, 2.45) is 0 Å². The summed E-state index contributed by atoms with van der Waals surface area (Å²) in [7, 11) is 2.74. The van der Waals surface area contributed by atoms with Gasteiger partial charge in [-0.05, 0) is 73.2 Å². The molecule has 1 unspecified atom stereocenters. The highest BCUT2D eigenvalue weighted by atomic mass is 19.4. The van der Waals surface area contributed by atoms with Gasteiger partial charge in [-0.15, -0.1) is 46.7 Å². The Hall–Kier alpha value is -5.57. The van der Waals surface area contributed by atoms with Crippen LogP contribution in [0.25, 0.3) is 33.8 Å². The second-order valence-electron chi connectivity index (χ2n) is 10.6. The van der Waals surface area contributed by atoms with Gasteiger partial charge in [-0.3, -0.25) is 0 Å². The second kappa shape index (κ2) is 17.5. The molecule has 0 N–H and O–H groups in total. The molecule has 0 aliphatic rings. The van der Waals surface area contributed by atoms with Gasteiger partial charge >= 0.3 is 12.7 Å². The van der Waals surface area contributed by atoms with Crippen LogP contribution in [0.4, 0.5) is 39.5 Å². The topological polar surface area (TPSA) is 123 Å². The van der Waals surface area contributed by atoms with Crippen LogP contribution in [0, 0.1) is 0 Å². The average molecular weight is 775 g/mol. The molecule has 0 fully saturated rings. The number of fused-ring (bicyclic) bond motifs is 2. The minimum absolute atomic E-state index is 0.0344. The maximum absolute atomic E-state index is 13.6. The second-order valence-corrected chi connectivity index (χ2v) is 10.6. The first-order valence-electron chi connectivity index (χ1n) is 15.7. The van der Waals surface area contributed by atoms with E-state index in [-0.39, 0.29) is 41.7 Å². The zero-order valence-electron chi connectivity index (χ0n) is 29.0. The molecule has 4 aromatic heterocycles. The molecule has 0 spiro atoms. The Morgan fingerprint density at radius 2 is 1.19 bits per heavy atom. The fourth-order valence-corrected chi connectivity index (χ4v) is 4.82. The third-order valence-corrected chi connectivity index (χ3v) is 6.89. The van der Waals surface area contributed by atoms with Gasteiger partial charge in [0.15, 0.2) is 23.3 Å². The Morgan fingerprint density at radius 1 is 0.630 bits per heavy atom. The van der Waals surface area contributed by atoms with Crippen LogP contribution in [0.3, 0.4) is 0 Å². The van der Waals surface area contributed by atoms with E-state index >= 15 is 0 Å². The number of alkyl halides is 9. The van der Waals surface area contributed by atoms with E-state index in [1.807, 2.05) is 13.8 Å². The van der Waals surface area contributed by atoms with Crippen LogP contribution < -0.4 is 9.47 Å². The largest absolute Gasteiger partial charge is 0.573 e. The van der Waals surface area contributed by atoms with Crippen molar-refractivity contribution in [2.75, 3.05) is 14.2 Å². The van der Waals surface area contributed by atoms with Crippen LogP contribution in [-0.2, 0) is 22.7 Å². The van der Waals surface area contributed by atoms with E-state index < -0.39 is 36.9 Å². The van der Waals surface area contributed by atoms with Crippen LogP contribution in [-0.4, -0.2) is 66.6 Å². The summed E-state index contributed by atoms with van der Waals surface area (Å²) in [6.07, 6.45) is -13.9. The third kappa shape index (κ3) is 10.3. The molecule has 0 amide bonds. The summed E-state index contributed by atoms with van der Waals surface area (Å²) in [5.74, 6) is -1.37. The van der Waals surface area contributed by atoms with Crippen LogP contribution in [0.5, 0.6) is 11.5 Å². The summed E-state index contributed by atoms with van der Waals surface area (Å²) in [5, 5.41) is 22.9. The van der Waals surface area contributed by atoms with Gasteiger partial charge < -0.3 is 18.9 Å². The van der Waals surface area contributed by atoms with E-state index in [1.54, 1.807) is 12.1 Å². The third-order valence-electron chi connectivity index (χ3n) is 6.89. The van der Waals surface area contributed by atoms with Gasteiger partial charge in [0.1, 0.15) is 11.5 Å². The number of hydrogen-bond donors (Lipinski definition) is 0. The molecule has 1 atom stereocenters. The van der Waals surface area contributed by atoms with Gasteiger partial charge in [-0.1, -0.05) is 13.8 Å². The molecule has 0 radical (unpaired) electrons. The van der Waals surface area contributed by atoms with Gasteiger partial charge in [0, 0.05) is 30.9 Å². The lowest BCUT2D eigenvalue weighted by Crippen LogP contribution is -2.18. The number of aromatic nitrogens is 8. The highest BCUT2D eigenvalue weighted by Crippen LogP contribution is 2.32. The van der Waals surface area contributed by atoms with Crippen molar-refractivity contribution in [2.45, 2.75) is 59.3 Å². The highest BCUT2D eigenvalue weighted by molar-refractivity contribution is 5.66. The Bertz CT molecular complexity index is 2150. The molecule has 0 saturated carbocycles. The first kappa shape index (κ1) is 41.2. The van der Waals surface area contributed by atoms with Crippen molar-refractivity contribution in [3.8, 4) is 34.0 Å². The van der Waals surface area contributed by atoms with Crippen LogP contribution in [0.15, 0.2) is 60.7 Å². The Morgan fingerprint density at radius 3 is 1.76 bits per heavy atom. The minimum atomic E-state index is -4.85. The summed E-state index contributed by atoms with van der Waals surface area (Å²) in [6, 6.07) is 13.8. The number of halogens is 9. The minimum Gasteiger partial charge on any atom is -0.406 e. The molecular formula is C33H31F9N8O4. The fourth-order valence-electron chi connectivity index (χ4n) is 4.82. The lowest BCUT2D eigenvalue weighted by atomic mass is 10.0. The summed E-state index contributed by atoms with van der Waals surface area (Å²) in [6.45, 7) is 5.21. The van der Waals surface area contributed by atoms with E-state index in [1.165, 1.54) is 68.1 Å². The average Bonchev–Trinajstić information content (AvgIpc) is 3.74. The van der Waals surface area contributed by atoms with Gasteiger partial charge in [-0.2, -0.15) is 19.2 Å². The molecule has 21 heteroatoms. The van der Waals surface area contributed by atoms with E-state index in [0.717, 1.165) is 10.6 Å². The summed E-state index contributed by atoms with van der Waals surface area (Å²) in [5.41, 5.74) is 2.61. The smallest absolute Gasteiger partial charge is 0.406 e. The number of rotatable bonds is 10. The number of nitrogens with zero attached hydrogens (tertiary/aromatic N) is 8. The van der Waals surface area contributed by atoms with Crippen molar-refractivity contribution >= 4 is 11.3 Å². The molecular weight excluding hydrogens is 743 g/mol. The van der Waals surface area contributed by atoms with Crippen LogP contribution in [0.2, 0.25) is 0 Å². The summed E-state index contributed by atoms with van der Waals surface area (Å²) in [4.78, 5) is 0. The number of ether oxygens (including phenoxy) is 4. The van der Waals surface area contributed by atoms with Gasteiger partial charge in [0.05, 0.1) is 24.6 Å². The quantitative estimate of drug-likeness (QED) is 0.125. The normalized spacial score (nSPS) is 12.3. The maximum atomic E-state index is 13.6. The van der Waals surface area contributed by atoms with Gasteiger partial charge in [0.25, 0.3) is 6.43 Å². The predicted octanol–water partition coefficient (Wildman–Crippen LogP) is 8.67. The van der Waals surface area contributed by atoms with Crippen molar-refractivity contribution in [3.05, 3.63) is 83.4 Å². The SMILES string of the molecule is CC.COCc1cc(-c2ccc3nnc(C(F)F)n3n2)ccc1OC(F)(F)F.COCc1cc(OC(F)(F)F)ccc1-c1ccc2nnc(C(C)F)n2n1. The molecule has 6 aromatic rings. The molecule has 4 heterocycles. The molecule has 0 bridgehead atoms. The first-order valence-corrected chi connectivity index (χ1v) is 15.7. The summed E-state index contributed by atoms with van der Waals surface area (Å²) >= 11 is 0. The molecule has 0 aliphatic heterocycles. The molecule has 12 nitrogen and oxygen atoms in total. The van der Waals surface area contributed by atoms with Crippen molar-refractivity contribution < 1.29 is 58.5 Å². The number of methoxy groups -OCH3 is 2. The zero-order chi connectivity index (χ0) is 39.8. The van der Waals surface area contributed by atoms with Crippen molar-refractivity contribution in [1.82, 2.24) is 39.6 Å². The summed E-state index contributed by atoms with van der Waals surface area (Å²) < 4.78 is 134. The van der Waals surface area contributed by atoms with Crippen molar-refractivity contribution in [3.63, 3.8) is 0 Å². The lowest BCUT2D eigenvalue weighted by Gasteiger charge is -2.14. The van der Waals surface area contributed by atoms with Crippen LogP contribution in [0.1, 0.15) is 56.1 Å². The predicted molar refractivity (Wildman–Crippen MR) is 173 cm³/mol. The standard InChI is InChI=1S/C16H14F4N4O2.C15H11F5N4O2.C2H6/c1-9(17)15-22-21-14-6-5-13(23-24(14)15)12-4-3-11(26-16(18,19)20)7-10(12)8-25-2;1-25-7-9-6-8(2-4-11(9)26-15(18,19)20)10-3-5-12-21-22-14(13(16)17)24(12)23-10;1-2/h3-7,9H,8H2,1-2H3;2-6,13H,7H2,1H3;1-2H3. The number of hydrogen-bond acceptors (Lipinski definition) is 10. The maximum Gasteiger partial charge on any atom is 0.573 e. The Kier molecular flexibility index (Phi) is 13.4. The molecule has 0 aliphatic carbocycles. The lowest BCUT2D eigenvalue weighted by molar-refractivity contribution is -0.275. The molecule has 0 saturated heterocycles. The zero-order valence-corrected chi connectivity index (χ0v) is 29.0. The van der Waals surface area contributed by atoms with E-state index in [0.29, 0.717) is 28.0 Å². The Labute approximate surface area is 300 Å². The van der Waals surface area contributed by atoms with Gasteiger partial charge in [-0.25, -0.2) is 13.2 Å². The number of benzene rings is 2. The molecule has 290 valence electrons. The first-order chi connectivity index (χ1) is 25.6. The monoisotopic (exact) mass is 774 g/mol. The highest BCUT2D eigenvalue weighted by Gasteiger charge is 2.33. The van der Waals surface area contributed by atoms with E-state index in [9.17, 15) is 39.5 Å². The molecule has 6 rings (SSSR count). The fraction of sp³-hybridized carbons (Fsp3) is 0.333. The van der Waals surface area contributed by atoms with Gasteiger partial charge in [0.2, 0.25) is 5.82 Å².